The number of benzene rings is 1. The summed E-state index contributed by atoms with van der Waals surface area (Å²) < 4.78 is 5.14. The van der Waals surface area contributed by atoms with E-state index in [1.807, 2.05) is 18.7 Å². The number of nitrogens with one attached hydrogen (secondary N) is 1. The van der Waals surface area contributed by atoms with Gasteiger partial charge in [-0.1, -0.05) is 12.1 Å². The molecule has 1 aliphatic heterocycles. The number of anilines is 1. The number of hydrogen-bond acceptors (Lipinski definition) is 4. The number of rotatable bonds is 4. The van der Waals surface area contributed by atoms with E-state index in [4.69, 9.17) is 4.52 Å². The number of piperidine rings is 1. The van der Waals surface area contributed by atoms with Crippen LogP contribution in [0.15, 0.2) is 28.8 Å². The molecule has 0 bridgehead atoms. The molecule has 1 fully saturated rings. The molecule has 0 unspecified atom stereocenters. The molecule has 0 aliphatic carbocycles. The number of aromatic nitrogens is 1. The molecular formula is C21H28N4O3. The molecule has 1 aliphatic rings. The van der Waals surface area contributed by atoms with Gasteiger partial charge in [0.05, 0.1) is 12.2 Å². The minimum absolute atomic E-state index is 0.0555. The van der Waals surface area contributed by atoms with Crippen LogP contribution >= 0.6 is 0 Å². The van der Waals surface area contributed by atoms with Crippen molar-refractivity contribution in [1.82, 2.24) is 15.0 Å². The topological polar surface area (TPSA) is 78.7 Å². The maximum absolute atomic E-state index is 12.6. The molecule has 1 saturated heterocycles. The van der Waals surface area contributed by atoms with E-state index in [0.29, 0.717) is 29.5 Å². The third-order valence-electron chi connectivity index (χ3n) is 5.25. The SMILES string of the molecule is Cc1noc(C)c1CN(C)C(=O)Nc1ccc(C(=O)N2CCC[C@H](C)C2)cc1. The zero-order chi connectivity index (χ0) is 20.3. The predicted octanol–water partition coefficient (Wildman–Crippen LogP) is 3.83. The highest BCUT2D eigenvalue weighted by Crippen LogP contribution is 2.19. The summed E-state index contributed by atoms with van der Waals surface area (Å²) in [5.74, 6) is 1.32. The standard InChI is InChI=1S/C21H28N4O3/c1-14-6-5-11-25(12-14)20(26)17-7-9-18(10-8-17)22-21(27)24(4)13-19-15(2)23-28-16(19)3/h7-10,14H,5-6,11-13H2,1-4H3,(H,22,27)/t14-/m0/s1. The van der Waals surface area contributed by atoms with Gasteiger partial charge in [-0.15, -0.1) is 0 Å². The zero-order valence-electron chi connectivity index (χ0n) is 17.0. The third kappa shape index (κ3) is 4.52. The third-order valence-corrected chi connectivity index (χ3v) is 5.25. The number of nitrogens with zero attached hydrogens (tertiary/aromatic N) is 3. The van der Waals surface area contributed by atoms with Crippen molar-refractivity contribution in [2.75, 3.05) is 25.5 Å². The number of hydrogen-bond donors (Lipinski definition) is 1. The van der Waals surface area contributed by atoms with Crippen LogP contribution < -0.4 is 5.32 Å². The first-order valence-corrected chi connectivity index (χ1v) is 9.68. The van der Waals surface area contributed by atoms with Crippen molar-refractivity contribution < 1.29 is 14.1 Å². The van der Waals surface area contributed by atoms with E-state index in [9.17, 15) is 9.59 Å². The van der Waals surface area contributed by atoms with Gasteiger partial charge in [-0.3, -0.25) is 4.79 Å². The van der Waals surface area contributed by atoms with Crippen molar-refractivity contribution in [1.29, 1.82) is 0 Å². The molecule has 2 heterocycles. The lowest BCUT2D eigenvalue weighted by atomic mass is 9.99. The van der Waals surface area contributed by atoms with Crippen LogP contribution in [0.1, 0.15) is 47.1 Å². The van der Waals surface area contributed by atoms with Crippen molar-refractivity contribution in [3.63, 3.8) is 0 Å². The van der Waals surface area contributed by atoms with E-state index >= 15 is 0 Å². The Morgan fingerprint density at radius 3 is 2.61 bits per heavy atom. The number of carbonyl (C=O) groups is 2. The Morgan fingerprint density at radius 2 is 2.00 bits per heavy atom. The van der Waals surface area contributed by atoms with Gasteiger partial charge in [0.15, 0.2) is 0 Å². The average Bonchev–Trinajstić information content (AvgIpc) is 3.00. The van der Waals surface area contributed by atoms with Crippen LogP contribution in [-0.4, -0.2) is 47.0 Å². The van der Waals surface area contributed by atoms with Crippen molar-refractivity contribution in [3.8, 4) is 0 Å². The molecular weight excluding hydrogens is 356 g/mol. The molecule has 1 aromatic heterocycles. The summed E-state index contributed by atoms with van der Waals surface area (Å²) in [5, 5.41) is 6.77. The molecule has 2 aromatic rings. The molecule has 1 N–H and O–H groups in total. The normalized spacial score (nSPS) is 16.7. The first-order chi connectivity index (χ1) is 13.3. The minimum Gasteiger partial charge on any atom is -0.361 e. The average molecular weight is 384 g/mol. The molecule has 28 heavy (non-hydrogen) atoms. The number of amides is 3. The maximum atomic E-state index is 12.6. The molecule has 7 heteroatoms. The van der Waals surface area contributed by atoms with E-state index in [1.54, 1.807) is 36.2 Å². The van der Waals surface area contributed by atoms with Crippen molar-refractivity contribution in [2.24, 2.45) is 5.92 Å². The van der Waals surface area contributed by atoms with E-state index in [1.165, 1.54) is 6.42 Å². The first-order valence-electron chi connectivity index (χ1n) is 9.68. The lowest BCUT2D eigenvalue weighted by Gasteiger charge is -2.31. The summed E-state index contributed by atoms with van der Waals surface area (Å²) >= 11 is 0. The fraction of sp³-hybridized carbons (Fsp3) is 0.476. The van der Waals surface area contributed by atoms with Gasteiger partial charge in [-0.2, -0.15) is 0 Å². The fourth-order valence-electron chi connectivity index (χ4n) is 3.51. The summed E-state index contributed by atoms with van der Waals surface area (Å²) in [7, 11) is 1.72. The van der Waals surface area contributed by atoms with Crippen LogP contribution in [0.4, 0.5) is 10.5 Å². The second kappa shape index (κ2) is 8.46. The molecule has 0 saturated carbocycles. The molecule has 1 atom stereocenters. The Bertz CT molecular complexity index is 824. The van der Waals surface area contributed by atoms with Crippen LogP contribution in [0.3, 0.4) is 0 Å². The molecule has 150 valence electrons. The zero-order valence-corrected chi connectivity index (χ0v) is 17.0. The van der Waals surface area contributed by atoms with Gasteiger partial charge in [-0.25, -0.2) is 4.79 Å². The van der Waals surface area contributed by atoms with E-state index in [2.05, 4.69) is 17.4 Å². The Hall–Kier alpha value is -2.83. The van der Waals surface area contributed by atoms with E-state index < -0.39 is 0 Å². The summed E-state index contributed by atoms with van der Waals surface area (Å²) in [4.78, 5) is 28.6. The summed E-state index contributed by atoms with van der Waals surface area (Å²) in [6.07, 6.45) is 2.23. The molecule has 3 rings (SSSR count). The second-order valence-electron chi connectivity index (χ2n) is 7.66. The lowest BCUT2D eigenvalue weighted by Crippen LogP contribution is -2.39. The van der Waals surface area contributed by atoms with E-state index in [-0.39, 0.29) is 11.9 Å². The number of likely N-dealkylation sites (tertiary alicyclic amines) is 1. The van der Waals surface area contributed by atoms with Gasteiger partial charge >= 0.3 is 6.03 Å². The maximum Gasteiger partial charge on any atom is 0.321 e. The van der Waals surface area contributed by atoms with Crippen LogP contribution in [0, 0.1) is 19.8 Å². The van der Waals surface area contributed by atoms with Gasteiger partial charge in [0.2, 0.25) is 0 Å². The highest BCUT2D eigenvalue weighted by molar-refractivity contribution is 5.95. The number of aryl methyl sites for hydroxylation is 2. The number of carbonyl (C=O) groups excluding carboxylic acids is 2. The van der Waals surface area contributed by atoms with Crippen molar-refractivity contribution >= 4 is 17.6 Å². The fourth-order valence-corrected chi connectivity index (χ4v) is 3.51. The Morgan fingerprint density at radius 1 is 1.29 bits per heavy atom. The van der Waals surface area contributed by atoms with Gasteiger partial charge < -0.3 is 19.6 Å². The quantitative estimate of drug-likeness (QED) is 0.869. The Labute approximate surface area is 165 Å². The smallest absolute Gasteiger partial charge is 0.321 e. The summed E-state index contributed by atoms with van der Waals surface area (Å²) in [6.45, 7) is 7.90. The molecule has 0 spiro atoms. The van der Waals surface area contributed by atoms with Gasteiger partial charge in [0, 0.05) is 37.0 Å². The van der Waals surface area contributed by atoms with Gasteiger partial charge in [0.1, 0.15) is 5.76 Å². The van der Waals surface area contributed by atoms with E-state index in [0.717, 1.165) is 30.8 Å². The van der Waals surface area contributed by atoms with Crippen LogP contribution in [0.25, 0.3) is 0 Å². The van der Waals surface area contributed by atoms with Crippen LogP contribution in [0.2, 0.25) is 0 Å². The van der Waals surface area contributed by atoms with Crippen molar-refractivity contribution in [2.45, 2.75) is 40.2 Å². The minimum atomic E-state index is -0.232. The molecule has 3 amide bonds. The molecule has 1 aromatic carbocycles. The largest absolute Gasteiger partial charge is 0.361 e. The lowest BCUT2D eigenvalue weighted by molar-refractivity contribution is 0.0683. The number of urea groups is 1. The predicted molar refractivity (Wildman–Crippen MR) is 107 cm³/mol. The summed E-state index contributed by atoms with van der Waals surface area (Å²) in [6, 6.07) is 6.84. The monoisotopic (exact) mass is 384 g/mol. The van der Waals surface area contributed by atoms with Crippen molar-refractivity contribution in [3.05, 3.63) is 46.8 Å². The molecule has 7 nitrogen and oxygen atoms in total. The van der Waals surface area contributed by atoms with Crippen LogP contribution in [0.5, 0.6) is 0 Å². The van der Waals surface area contributed by atoms with Gasteiger partial charge in [0.25, 0.3) is 5.91 Å². The highest BCUT2D eigenvalue weighted by atomic mass is 16.5. The molecule has 0 radical (unpaired) electrons. The highest BCUT2D eigenvalue weighted by Gasteiger charge is 2.22. The Balaban J connectivity index is 1.59. The Kier molecular flexibility index (Phi) is 6.02. The van der Waals surface area contributed by atoms with Crippen LogP contribution in [-0.2, 0) is 6.54 Å². The van der Waals surface area contributed by atoms with Gasteiger partial charge in [-0.05, 0) is 56.9 Å². The first kappa shape index (κ1) is 19.9. The second-order valence-corrected chi connectivity index (χ2v) is 7.66. The summed E-state index contributed by atoms with van der Waals surface area (Å²) in [5.41, 5.74) is 3.00.